The van der Waals surface area contributed by atoms with Gasteiger partial charge in [0.15, 0.2) is 0 Å². The van der Waals surface area contributed by atoms with Gasteiger partial charge in [-0.15, -0.1) is 0 Å². The molecule has 0 aliphatic heterocycles. The molecule has 0 saturated heterocycles. The molecular weight excluding hydrogens is 550 g/mol. The Balaban J connectivity index is 1.32. The second-order valence-corrected chi connectivity index (χ2v) is 13.0. The normalized spacial score (nSPS) is 13.8. The van der Waals surface area contributed by atoms with E-state index >= 15 is 0 Å². The molecule has 0 unspecified atom stereocenters. The smallest absolute Gasteiger partial charge is 0.306 e. The summed E-state index contributed by atoms with van der Waals surface area (Å²) in [6.07, 6.45) is 5.66. The van der Waals surface area contributed by atoms with E-state index in [9.17, 15) is 14.4 Å². The molecule has 1 amide bonds. The predicted octanol–water partition coefficient (Wildman–Crippen LogP) is 7.17. The Kier molecular flexibility index (Phi) is 9.33. The molecule has 1 heterocycles. The fourth-order valence-electron chi connectivity index (χ4n) is 6.29. The first kappa shape index (κ1) is 31.2. The minimum Gasteiger partial charge on any atom is -0.460 e. The van der Waals surface area contributed by atoms with Crippen molar-refractivity contribution in [3.63, 3.8) is 0 Å². The van der Waals surface area contributed by atoms with Crippen molar-refractivity contribution in [2.75, 3.05) is 5.32 Å². The van der Waals surface area contributed by atoms with Crippen LogP contribution in [-0.4, -0.2) is 27.3 Å². The van der Waals surface area contributed by atoms with Gasteiger partial charge in [0.1, 0.15) is 5.60 Å². The number of ether oxygens (including phenoxy) is 1. The summed E-state index contributed by atoms with van der Waals surface area (Å²) in [7, 11) is 0. The van der Waals surface area contributed by atoms with Crippen molar-refractivity contribution in [1.29, 1.82) is 0 Å². The molecule has 3 aromatic carbocycles. The third-order valence-corrected chi connectivity index (χ3v) is 8.48. The van der Waals surface area contributed by atoms with E-state index in [0.29, 0.717) is 24.3 Å². The van der Waals surface area contributed by atoms with E-state index in [1.165, 1.54) is 18.4 Å². The van der Waals surface area contributed by atoms with Gasteiger partial charge in [0.25, 0.3) is 5.56 Å². The van der Waals surface area contributed by atoms with Crippen LogP contribution in [-0.2, 0) is 33.7 Å². The van der Waals surface area contributed by atoms with Crippen LogP contribution in [0.4, 0.5) is 5.69 Å². The lowest BCUT2D eigenvalue weighted by atomic mass is 9.89. The van der Waals surface area contributed by atoms with Gasteiger partial charge in [0, 0.05) is 17.5 Å². The number of amides is 1. The molecule has 0 radical (unpaired) electrons. The summed E-state index contributed by atoms with van der Waals surface area (Å²) in [6, 6.07) is 19.6. The van der Waals surface area contributed by atoms with Crippen LogP contribution in [0.2, 0.25) is 0 Å². The molecule has 230 valence electrons. The third-order valence-electron chi connectivity index (χ3n) is 8.48. The van der Waals surface area contributed by atoms with E-state index in [1.54, 1.807) is 4.68 Å². The predicted molar refractivity (Wildman–Crippen MR) is 175 cm³/mol. The van der Waals surface area contributed by atoms with Gasteiger partial charge in [-0.2, -0.15) is 5.10 Å². The van der Waals surface area contributed by atoms with Crippen LogP contribution in [0.25, 0.3) is 10.8 Å². The Morgan fingerprint density at radius 2 is 1.68 bits per heavy atom. The fraction of sp³-hybridized carbons (Fsp3) is 0.405. The van der Waals surface area contributed by atoms with Crippen LogP contribution >= 0.6 is 0 Å². The average Bonchev–Trinajstić information content (AvgIpc) is 3.51. The van der Waals surface area contributed by atoms with Gasteiger partial charge in [-0.05, 0) is 99.7 Å². The fourth-order valence-corrected chi connectivity index (χ4v) is 6.29. The monoisotopic (exact) mass is 593 g/mol. The lowest BCUT2D eigenvalue weighted by Gasteiger charge is -2.20. The molecule has 0 bridgehead atoms. The van der Waals surface area contributed by atoms with Gasteiger partial charge in [-0.25, -0.2) is 4.68 Å². The standard InChI is InChI=1S/C37H43N3O4/c1-24-27(19-20-35(42)44-37(3,4)5)13-10-16-33(24)38-34(41)22-29-18-17-26(21-32(29)28-11-6-7-12-28)23-40-36(43)31-15-9-8-14-30(31)25(2)39-40/h8-10,13-18,21,28H,6-7,11-12,19-20,22-23H2,1-5H3,(H,38,41). The number of nitrogens with one attached hydrogen (secondary N) is 1. The number of aryl methyl sites for hydroxylation is 2. The second kappa shape index (κ2) is 13.2. The molecule has 1 N–H and O–H groups in total. The average molecular weight is 594 g/mol. The van der Waals surface area contributed by atoms with E-state index in [-0.39, 0.29) is 30.3 Å². The Hall–Kier alpha value is -4.26. The number of carbonyl (C=O) groups is 2. The quantitative estimate of drug-likeness (QED) is 0.208. The summed E-state index contributed by atoms with van der Waals surface area (Å²) in [5, 5.41) is 9.28. The van der Waals surface area contributed by atoms with Crippen molar-refractivity contribution in [2.24, 2.45) is 0 Å². The molecule has 0 atom stereocenters. The highest BCUT2D eigenvalue weighted by atomic mass is 16.6. The van der Waals surface area contributed by atoms with Crippen molar-refractivity contribution < 1.29 is 14.3 Å². The van der Waals surface area contributed by atoms with Gasteiger partial charge in [-0.3, -0.25) is 14.4 Å². The Morgan fingerprint density at radius 3 is 2.41 bits per heavy atom. The molecule has 1 aromatic heterocycles. The van der Waals surface area contributed by atoms with Gasteiger partial charge in [0.2, 0.25) is 5.91 Å². The Labute approximate surface area is 259 Å². The highest BCUT2D eigenvalue weighted by Crippen LogP contribution is 2.37. The maximum atomic E-state index is 13.4. The zero-order chi connectivity index (χ0) is 31.4. The molecule has 1 aliphatic carbocycles. The van der Waals surface area contributed by atoms with Crippen LogP contribution in [0.15, 0.2) is 65.5 Å². The first-order valence-electron chi connectivity index (χ1n) is 15.7. The van der Waals surface area contributed by atoms with E-state index in [0.717, 1.165) is 51.9 Å². The summed E-state index contributed by atoms with van der Waals surface area (Å²) in [4.78, 5) is 38.8. The number of nitrogens with zero attached hydrogens (tertiary/aromatic N) is 2. The first-order valence-corrected chi connectivity index (χ1v) is 15.7. The largest absolute Gasteiger partial charge is 0.460 e. The van der Waals surface area contributed by atoms with Crippen molar-refractivity contribution in [3.05, 3.63) is 105 Å². The molecule has 1 fully saturated rings. The summed E-state index contributed by atoms with van der Waals surface area (Å²) in [5.41, 5.74) is 6.17. The van der Waals surface area contributed by atoms with Crippen LogP contribution in [0.5, 0.6) is 0 Å². The number of fused-ring (bicyclic) bond motifs is 1. The lowest BCUT2D eigenvalue weighted by Crippen LogP contribution is -2.24. The number of hydrogen-bond acceptors (Lipinski definition) is 5. The summed E-state index contributed by atoms with van der Waals surface area (Å²) >= 11 is 0. The van der Waals surface area contributed by atoms with E-state index in [1.807, 2.05) is 89.2 Å². The highest BCUT2D eigenvalue weighted by Gasteiger charge is 2.22. The van der Waals surface area contributed by atoms with Crippen LogP contribution in [0, 0.1) is 13.8 Å². The third kappa shape index (κ3) is 7.44. The van der Waals surface area contributed by atoms with Gasteiger partial charge in [-0.1, -0.05) is 61.4 Å². The number of benzene rings is 3. The van der Waals surface area contributed by atoms with E-state index in [4.69, 9.17) is 4.74 Å². The summed E-state index contributed by atoms with van der Waals surface area (Å²) in [5.74, 6) is 0.0942. The van der Waals surface area contributed by atoms with Crippen molar-refractivity contribution in [1.82, 2.24) is 9.78 Å². The zero-order valence-corrected chi connectivity index (χ0v) is 26.5. The summed E-state index contributed by atoms with van der Waals surface area (Å²) in [6.45, 7) is 9.88. The molecule has 5 rings (SSSR count). The number of rotatable bonds is 9. The molecule has 4 aromatic rings. The van der Waals surface area contributed by atoms with Gasteiger partial charge in [0.05, 0.1) is 24.0 Å². The molecule has 1 saturated carbocycles. The van der Waals surface area contributed by atoms with E-state index < -0.39 is 5.60 Å². The van der Waals surface area contributed by atoms with E-state index in [2.05, 4.69) is 16.5 Å². The molecule has 0 spiro atoms. The van der Waals surface area contributed by atoms with Crippen molar-refractivity contribution in [2.45, 2.75) is 97.6 Å². The van der Waals surface area contributed by atoms with Crippen molar-refractivity contribution in [3.8, 4) is 0 Å². The number of esters is 1. The second-order valence-electron chi connectivity index (χ2n) is 13.0. The van der Waals surface area contributed by atoms with Crippen LogP contribution < -0.4 is 10.9 Å². The Morgan fingerprint density at radius 1 is 0.955 bits per heavy atom. The Bertz CT molecular complexity index is 1740. The zero-order valence-electron chi connectivity index (χ0n) is 26.5. The minimum absolute atomic E-state index is 0.0765. The SMILES string of the molecule is Cc1c(CCC(=O)OC(C)(C)C)cccc1NC(=O)Cc1ccc(Cn2nc(C)c3ccccc3c2=O)cc1C1CCCC1. The number of carbonyl (C=O) groups excluding carboxylic acids is 2. The van der Waals surface area contributed by atoms with Crippen LogP contribution in [0.1, 0.15) is 92.3 Å². The summed E-state index contributed by atoms with van der Waals surface area (Å²) < 4.78 is 7.01. The number of aromatic nitrogens is 2. The molecule has 44 heavy (non-hydrogen) atoms. The maximum Gasteiger partial charge on any atom is 0.306 e. The molecular formula is C37H43N3O4. The number of anilines is 1. The highest BCUT2D eigenvalue weighted by molar-refractivity contribution is 5.93. The number of hydrogen-bond donors (Lipinski definition) is 1. The van der Waals surface area contributed by atoms with Gasteiger partial charge < -0.3 is 10.1 Å². The topological polar surface area (TPSA) is 90.3 Å². The molecule has 7 nitrogen and oxygen atoms in total. The lowest BCUT2D eigenvalue weighted by molar-refractivity contribution is -0.154. The van der Waals surface area contributed by atoms with Crippen molar-refractivity contribution >= 4 is 28.3 Å². The van der Waals surface area contributed by atoms with Gasteiger partial charge >= 0.3 is 5.97 Å². The minimum atomic E-state index is -0.512. The first-order chi connectivity index (χ1) is 21.0. The van der Waals surface area contributed by atoms with Crippen LogP contribution in [0.3, 0.4) is 0 Å². The molecule has 7 heteroatoms. The molecule has 1 aliphatic rings. The maximum absolute atomic E-state index is 13.4.